The second kappa shape index (κ2) is 1.65. The second-order valence-electron chi connectivity index (χ2n) is 3.82. The van der Waals surface area contributed by atoms with Crippen molar-refractivity contribution in [3.63, 3.8) is 0 Å². The van der Waals surface area contributed by atoms with Crippen molar-refractivity contribution in [3.8, 4) is 0 Å². The summed E-state index contributed by atoms with van der Waals surface area (Å²) in [6.45, 7) is 5.91. The number of aliphatic hydroxyl groups excluding tert-OH is 1. The average Bonchev–Trinajstić information content (AvgIpc) is 2.52. The van der Waals surface area contributed by atoms with Crippen LogP contribution in [0.25, 0.3) is 0 Å². The van der Waals surface area contributed by atoms with Gasteiger partial charge in [0.2, 0.25) is 0 Å². The van der Waals surface area contributed by atoms with Gasteiger partial charge in [-0.3, -0.25) is 0 Å². The first kappa shape index (κ1) is 6.41. The molecule has 0 aliphatic heterocycles. The first-order chi connectivity index (χ1) is 4.67. The van der Waals surface area contributed by atoms with Gasteiger partial charge < -0.3 is 5.11 Å². The van der Waals surface area contributed by atoms with Gasteiger partial charge in [-0.25, -0.2) is 0 Å². The Labute approximate surface area is 61.8 Å². The van der Waals surface area contributed by atoms with Crippen LogP contribution < -0.4 is 0 Å². The molecule has 0 bridgehead atoms. The first-order valence-electron chi connectivity index (χ1n) is 4.02. The van der Waals surface area contributed by atoms with Crippen molar-refractivity contribution in [1.82, 2.24) is 0 Å². The predicted octanol–water partition coefficient (Wildman–Crippen LogP) is 1.72. The van der Waals surface area contributed by atoms with Gasteiger partial charge in [-0.15, -0.1) is 0 Å². The summed E-state index contributed by atoms with van der Waals surface area (Å²) in [5.74, 6) is 0.674. The Balaban J connectivity index is 2.18. The minimum atomic E-state index is -0.114. The van der Waals surface area contributed by atoms with Gasteiger partial charge in [0.15, 0.2) is 0 Å². The highest BCUT2D eigenvalue weighted by Gasteiger charge is 2.61. The van der Waals surface area contributed by atoms with Crippen LogP contribution in [0.1, 0.15) is 26.2 Å². The van der Waals surface area contributed by atoms with Crippen molar-refractivity contribution < 1.29 is 5.11 Å². The quantitative estimate of drug-likeness (QED) is 0.547. The first-order valence-corrected chi connectivity index (χ1v) is 4.02. The average molecular weight is 138 g/mol. The van der Waals surface area contributed by atoms with Gasteiger partial charge >= 0.3 is 0 Å². The van der Waals surface area contributed by atoms with E-state index in [1.807, 2.05) is 6.92 Å². The van der Waals surface area contributed by atoms with Crippen LogP contribution in [0.3, 0.4) is 0 Å². The highest BCUT2D eigenvalue weighted by Crippen LogP contribution is 2.67. The Morgan fingerprint density at radius 2 is 2.50 bits per heavy atom. The van der Waals surface area contributed by atoms with Crippen LogP contribution in [0, 0.1) is 11.3 Å². The number of rotatable bonds is 1. The third-order valence-electron chi connectivity index (χ3n) is 3.35. The summed E-state index contributed by atoms with van der Waals surface area (Å²) in [6, 6.07) is 0. The maximum absolute atomic E-state index is 9.43. The minimum Gasteiger partial charge on any atom is -0.393 e. The molecule has 10 heavy (non-hydrogen) atoms. The lowest BCUT2D eigenvalue weighted by molar-refractivity contribution is 0.106. The van der Waals surface area contributed by atoms with Crippen LogP contribution >= 0.6 is 0 Å². The normalized spacial score (nSPS) is 47.0. The van der Waals surface area contributed by atoms with E-state index in [0.717, 1.165) is 6.42 Å². The smallest absolute Gasteiger partial charge is 0.0574 e. The van der Waals surface area contributed by atoms with E-state index in [-0.39, 0.29) is 11.5 Å². The monoisotopic (exact) mass is 138 g/mol. The fourth-order valence-corrected chi connectivity index (χ4v) is 2.39. The summed E-state index contributed by atoms with van der Waals surface area (Å²) < 4.78 is 0. The summed E-state index contributed by atoms with van der Waals surface area (Å²) in [7, 11) is 0. The summed E-state index contributed by atoms with van der Waals surface area (Å²) in [6.07, 6.45) is 3.41. The Hall–Kier alpha value is -0.300. The molecule has 2 fully saturated rings. The number of hydrogen-bond donors (Lipinski definition) is 1. The SMILES string of the molecule is C=C1CCC2(C(C)O)CC12. The van der Waals surface area contributed by atoms with Gasteiger partial charge in [-0.05, 0) is 32.1 Å². The maximum atomic E-state index is 9.43. The Morgan fingerprint density at radius 1 is 1.80 bits per heavy atom. The molecule has 3 atom stereocenters. The summed E-state index contributed by atoms with van der Waals surface area (Å²) in [5.41, 5.74) is 1.66. The van der Waals surface area contributed by atoms with Crippen molar-refractivity contribution in [2.24, 2.45) is 11.3 Å². The van der Waals surface area contributed by atoms with Crippen LogP contribution in [-0.4, -0.2) is 11.2 Å². The van der Waals surface area contributed by atoms with Gasteiger partial charge in [0.25, 0.3) is 0 Å². The Morgan fingerprint density at radius 3 is 2.70 bits per heavy atom. The molecule has 2 saturated carbocycles. The molecule has 2 rings (SSSR count). The number of aliphatic hydroxyl groups is 1. The van der Waals surface area contributed by atoms with Crippen molar-refractivity contribution in [3.05, 3.63) is 12.2 Å². The molecule has 1 N–H and O–H groups in total. The lowest BCUT2D eigenvalue weighted by atomic mass is 9.98. The van der Waals surface area contributed by atoms with Crippen LogP contribution in [0.15, 0.2) is 12.2 Å². The van der Waals surface area contributed by atoms with Crippen LogP contribution in [0.2, 0.25) is 0 Å². The number of allylic oxidation sites excluding steroid dienone is 1. The molecule has 0 aromatic carbocycles. The molecule has 2 aliphatic rings. The molecule has 0 heterocycles. The zero-order valence-electron chi connectivity index (χ0n) is 6.43. The Bertz CT molecular complexity index is 183. The lowest BCUT2D eigenvalue weighted by Crippen LogP contribution is -2.16. The lowest BCUT2D eigenvalue weighted by Gasteiger charge is -2.13. The van der Waals surface area contributed by atoms with Crippen LogP contribution in [0.4, 0.5) is 0 Å². The van der Waals surface area contributed by atoms with Gasteiger partial charge in [-0.2, -0.15) is 0 Å². The van der Waals surface area contributed by atoms with E-state index in [4.69, 9.17) is 0 Å². The topological polar surface area (TPSA) is 20.2 Å². The molecular formula is C9H14O. The summed E-state index contributed by atoms with van der Waals surface area (Å²) >= 11 is 0. The van der Waals surface area contributed by atoms with Crippen molar-refractivity contribution in [1.29, 1.82) is 0 Å². The molecule has 56 valence electrons. The molecule has 3 unspecified atom stereocenters. The molecule has 0 aromatic rings. The highest BCUT2D eigenvalue weighted by atomic mass is 16.3. The van der Waals surface area contributed by atoms with Gasteiger partial charge in [0.05, 0.1) is 6.10 Å². The zero-order chi connectivity index (χ0) is 7.35. The number of hydrogen-bond acceptors (Lipinski definition) is 1. The molecule has 1 heteroatoms. The highest BCUT2D eigenvalue weighted by molar-refractivity contribution is 5.26. The molecule has 0 spiro atoms. The van der Waals surface area contributed by atoms with Crippen LogP contribution in [-0.2, 0) is 0 Å². The number of fused-ring (bicyclic) bond motifs is 1. The summed E-state index contributed by atoms with van der Waals surface area (Å²) in [4.78, 5) is 0. The fourth-order valence-electron chi connectivity index (χ4n) is 2.39. The van der Waals surface area contributed by atoms with E-state index in [2.05, 4.69) is 6.58 Å². The minimum absolute atomic E-state index is 0.114. The van der Waals surface area contributed by atoms with E-state index in [0.29, 0.717) is 5.92 Å². The largest absolute Gasteiger partial charge is 0.393 e. The standard InChI is InChI=1S/C9H14O/c1-6-3-4-9(7(2)10)5-8(6)9/h7-8,10H,1,3-5H2,2H3. The van der Waals surface area contributed by atoms with Gasteiger partial charge in [0, 0.05) is 5.41 Å². The van der Waals surface area contributed by atoms with Crippen molar-refractivity contribution in [2.75, 3.05) is 0 Å². The van der Waals surface area contributed by atoms with E-state index in [1.165, 1.54) is 18.4 Å². The van der Waals surface area contributed by atoms with E-state index < -0.39 is 0 Å². The maximum Gasteiger partial charge on any atom is 0.0574 e. The molecule has 2 aliphatic carbocycles. The zero-order valence-corrected chi connectivity index (χ0v) is 6.43. The molecule has 0 radical (unpaired) electrons. The van der Waals surface area contributed by atoms with Gasteiger partial charge in [0.1, 0.15) is 0 Å². The predicted molar refractivity (Wildman–Crippen MR) is 40.6 cm³/mol. The molecule has 0 aromatic heterocycles. The van der Waals surface area contributed by atoms with E-state index in [1.54, 1.807) is 0 Å². The third-order valence-corrected chi connectivity index (χ3v) is 3.35. The van der Waals surface area contributed by atoms with Crippen molar-refractivity contribution in [2.45, 2.75) is 32.3 Å². The summed E-state index contributed by atoms with van der Waals surface area (Å²) in [5, 5.41) is 9.43. The van der Waals surface area contributed by atoms with Crippen molar-refractivity contribution >= 4 is 0 Å². The van der Waals surface area contributed by atoms with Crippen LogP contribution in [0.5, 0.6) is 0 Å². The second-order valence-corrected chi connectivity index (χ2v) is 3.82. The fraction of sp³-hybridized carbons (Fsp3) is 0.778. The third kappa shape index (κ3) is 0.567. The van der Waals surface area contributed by atoms with Gasteiger partial charge in [-0.1, -0.05) is 12.2 Å². The molecule has 1 nitrogen and oxygen atoms in total. The van der Waals surface area contributed by atoms with E-state index >= 15 is 0 Å². The molecule has 0 amide bonds. The molecule has 0 saturated heterocycles. The molecular weight excluding hydrogens is 124 g/mol. The van der Waals surface area contributed by atoms with E-state index in [9.17, 15) is 5.11 Å². The Kier molecular flexibility index (Phi) is 1.06.